The van der Waals surface area contributed by atoms with E-state index in [1.54, 1.807) is 13.3 Å². The Bertz CT molecular complexity index is 1170. The highest BCUT2D eigenvalue weighted by Gasteiger charge is 2.41. The minimum atomic E-state index is -1.09. The lowest BCUT2D eigenvalue weighted by molar-refractivity contribution is 0.142. The Hall–Kier alpha value is -2.27. The first-order valence-electron chi connectivity index (χ1n) is 12.2. The van der Waals surface area contributed by atoms with Crippen LogP contribution in [0.15, 0.2) is 34.9 Å². The van der Waals surface area contributed by atoms with Gasteiger partial charge in [0.2, 0.25) is 0 Å². The Labute approximate surface area is 213 Å². The molecule has 0 spiro atoms. The van der Waals surface area contributed by atoms with Crippen molar-refractivity contribution in [3.05, 3.63) is 46.3 Å². The van der Waals surface area contributed by atoms with Crippen LogP contribution >= 0.6 is 15.9 Å². The number of pyridine rings is 1. The number of anilines is 2. The molecule has 0 radical (unpaired) electrons. The number of halogens is 2. The van der Waals surface area contributed by atoms with Gasteiger partial charge in [-0.2, -0.15) is 0 Å². The van der Waals surface area contributed by atoms with Gasteiger partial charge in [0.1, 0.15) is 11.3 Å². The molecular weight excluding hydrogens is 513 g/mol. The van der Waals surface area contributed by atoms with Gasteiger partial charge in [0, 0.05) is 63.6 Å². The Morgan fingerprint density at radius 2 is 2.06 bits per heavy atom. The predicted molar refractivity (Wildman–Crippen MR) is 140 cm³/mol. The molecule has 8 nitrogen and oxygen atoms in total. The Balaban J connectivity index is 1.46. The number of aromatic amines is 1. The van der Waals surface area contributed by atoms with Crippen molar-refractivity contribution in [3.63, 3.8) is 0 Å². The molecule has 1 aromatic carbocycles. The number of nitrogens with two attached hydrogens (primary N) is 1. The number of nitrogens with zero attached hydrogens (tertiary/aromatic N) is 4. The molecule has 4 N–H and O–H groups in total. The molecular formula is C25H33BrFN7O. The number of alkyl halides is 1. The van der Waals surface area contributed by atoms with E-state index in [0.29, 0.717) is 36.2 Å². The maximum Gasteiger partial charge on any atom is 0.179 e. The van der Waals surface area contributed by atoms with E-state index in [9.17, 15) is 4.39 Å². The van der Waals surface area contributed by atoms with E-state index in [2.05, 4.69) is 65.3 Å². The van der Waals surface area contributed by atoms with Crippen LogP contribution in [0.2, 0.25) is 0 Å². The molecule has 10 heteroatoms. The molecule has 2 aliphatic heterocycles. The summed E-state index contributed by atoms with van der Waals surface area (Å²) in [5.41, 5.74) is 10.1. The number of H-pyrrole nitrogens is 1. The number of imidazole rings is 1. The molecule has 2 fully saturated rings. The lowest BCUT2D eigenvalue weighted by atomic mass is 9.72. The lowest BCUT2D eigenvalue weighted by Gasteiger charge is -2.40. The third kappa shape index (κ3) is 5.02. The third-order valence-electron chi connectivity index (χ3n) is 7.40. The molecule has 0 aliphatic carbocycles. The number of nitrogens with one attached hydrogen (secondary N) is 2. The molecule has 2 saturated heterocycles. The molecule has 2 unspecified atom stereocenters. The summed E-state index contributed by atoms with van der Waals surface area (Å²) in [5.74, 6) is 0.758. The second-order valence-electron chi connectivity index (χ2n) is 9.59. The summed E-state index contributed by atoms with van der Waals surface area (Å²) in [6.07, 6.45) is 2.37. The SMILES string of the molecule is COCCN1CCN(c2ccccc2CC2(c3nc4ncc(Br)c(N)c4[nH]3)CCNC(F)C2)CC1. The van der Waals surface area contributed by atoms with Crippen LogP contribution in [-0.2, 0) is 16.6 Å². The molecule has 3 aromatic rings. The average molecular weight is 546 g/mol. The largest absolute Gasteiger partial charge is 0.396 e. The standard InChI is InChI=1S/C25H33BrFN7O/c1-35-13-12-33-8-10-34(11-9-33)19-5-3-2-4-17(19)14-25(6-7-29-20(27)15-25)24-31-22-21(28)18(26)16-30-23(22)32-24/h2-5,16,20,29H,6-15H2,1H3,(H3,28,30,31,32). The van der Waals surface area contributed by atoms with E-state index in [1.807, 2.05) is 0 Å². The van der Waals surface area contributed by atoms with Crippen molar-refractivity contribution in [1.29, 1.82) is 0 Å². The van der Waals surface area contributed by atoms with Crippen molar-refractivity contribution >= 4 is 38.5 Å². The van der Waals surface area contributed by atoms with Gasteiger partial charge in [-0.15, -0.1) is 0 Å². The van der Waals surface area contributed by atoms with Crippen LogP contribution < -0.4 is 16.0 Å². The van der Waals surface area contributed by atoms with E-state index < -0.39 is 11.7 Å². The number of hydrogen-bond acceptors (Lipinski definition) is 7. The number of piperidine rings is 1. The summed E-state index contributed by atoms with van der Waals surface area (Å²) in [4.78, 5) is 17.6. The Morgan fingerprint density at radius 3 is 2.83 bits per heavy atom. The maximum atomic E-state index is 14.8. The number of para-hydroxylation sites is 1. The molecule has 188 valence electrons. The van der Waals surface area contributed by atoms with E-state index >= 15 is 0 Å². The molecule has 4 heterocycles. The lowest BCUT2D eigenvalue weighted by Crippen LogP contribution is -2.48. The van der Waals surface area contributed by atoms with Crippen LogP contribution in [0.1, 0.15) is 24.2 Å². The normalized spacial score (nSPS) is 23.7. The summed E-state index contributed by atoms with van der Waals surface area (Å²) in [5, 5.41) is 2.96. The highest BCUT2D eigenvalue weighted by molar-refractivity contribution is 9.10. The molecule has 2 atom stereocenters. The molecule has 0 amide bonds. The predicted octanol–water partition coefficient (Wildman–Crippen LogP) is 3.23. The number of benzene rings is 1. The molecule has 35 heavy (non-hydrogen) atoms. The maximum absolute atomic E-state index is 14.8. The highest BCUT2D eigenvalue weighted by atomic mass is 79.9. The molecule has 0 bridgehead atoms. The van der Waals surface area contributed by atoms with E-state index in [1.165, 1.54) is 11.3 Å². The number of piperazine rings is 1. The van der Waals surface area contributed by atoms with Crippen LogP contribution in [0.4, 0.5) is 15.8 Å². The summed E-state index contributed by atoms with van der Waals surface area (Å²) >= 11 is 3.45. The van der Waals surface area contributed by atoms with E-state index in [4.69, 9.17) is 15.5 Å². The summed E-state index contributed by atoms with van der Waals surface area (Å²) < 4.78 is 20.8. The van der Waals surface area contributed by atoms with Crippen LogP contribution in [0, 0.1) is 0 Å². The smallest absolute Gasteiger partial charge is 0.179 e. The van der Waals surface area contributed by atoms with Crippen molar-refractivity contribution in [2.24, 2.45) is 0 Å². The van der Waals surface area contributed by atoms with Crippen molar-refractivity contribution in [3.8, 4) is 0 Å². The number of methoxy groups -OCH3 is 1. The van der Waals surface area contributed by atoms with Gasteiger partial charge in [-0.05, 0) is 46.9 Å². The van der Waals surface area contributed by atoms with Gasteiger partial charge in [-0.3, -0.25) is 10.2 Å². The minimum absolute atomic E-state index is 0.340. The number of ether oxygens (including phenoxy) is 1. The molecule has 2 aliphatic rings. The molecule has 5 rings (SSSR count). The van der Waals surface area contributed by atoms with Crippen molar-refractivity contribution in [2.75, 3.05) is 63.6 Å². The van der Waals surface area contributed by atoms with Gasteiger partial charge in [-0.25, -0.2) is 14.4 Å². The Kier molecular flexibility index (Phi) is 7.24. The number of fused-ring (bicyclic) bond motifs is 1. The van der Waals surface area contributed by atoms with Gasteiger partial charge in [0.25, 0.3) is 0 Å². The summed E-state index contributed by atoms with van der Waals surface area (Å²) in [6, 6.07) is 8.53. The van der Waals surface area contributed by atoms with Crippen molar-refractivity contribution in [1.82, 2.24) is 25.2 Å². The van der Waals surface area contributed by atoms with E-state index in [0.717, 1.165) is 56.0 Å². The zero-order valence-electron chi connectivity index (χ0n) is 20.1. The van der Waals surface area contributed by atoms with E-state index in [-0.39, 0.29) is 0 Å². The van der Waals surface area contributed by atoms with Gasteiger partial charge in [0.15, 0.2) is 11.9 Å². The second kappa shape index (κ2) is 10.4. The van der Waals surface area contributed by atoms with Gasteiger partial charge < -0.3 is 20.4 Å². The molecule has 0 saturated carbocycles. The van der Waals surface area contributed by atoms with Crippen LogP contribution in [0.25, 0.3) is 11.2 Å². The van der Waals surface area contributed by atoms with Crippen molar-refractivity contribution < 1.29 is 9.13 Å². The monoisotopic (exact) mass is 545 g/mol. The van der Waals surface area contributed by atoms with Gasteiger partial charge in [0.05, 0.1) is 16.8 Å². The fourth-order valence-corrected chi connectivity index (χ4v) is 5.71. The first kappa shape index (κ1) is 24.4. The number of hydrogen-bond donors (Lipinski definition) is 3. The zero-order chi connectivity index (χ0) is 24.4. The summed E-state index contributed by atoms with van der Waals surface area (Å²) in [6.45, 7) is 6.22. The quantitative estimate of drug-likeness (QED) is 0.392. The third-order valence-corrected chi connectivity index (χ3v) is 8.03. The molecule has 2 aromatic heterocycles. The van der Waals surface area contributed by atoms with Crippen LogP contribution in [-0.4, -0.2) is 79.1 Å². The summed E-state index contributed by atoms with van der Waals surface area (Å²) in [7, 11) is 1.75. The van der Waals surface area contributed by atoms with Crippen molar-refractivity contribution in [2.45, 2.75) is 31.0 Å². The first-order chi connectivity index (χ1) is 17.0. The van der Waals surface area contributed by atoms with Crippen LogP contribution in [0.3, 0.4) is 0 Å². The Morgan fingerprint density at radius 1 is 1.26 bits per heavy atom. The van der Waals surface area contributed by atoms with Gasteiger partial charge >= 0.3 is 0 Å². The average Bonchev–Trinajstić information content (AvgIpc) is 3.32. The highest BCUT2D eigenvalue weighted by Crippen LogP contribution is 2.41. The fraction of sp³-hybridized carbons (Fsp3) is 0.520. The number of aromatic nitrogens is 3. The zero-order valence-corrected chi connectivity index (χ0v) is 21.7. The van der Waals surface area contributed by atoms with Gasteiger partial charge in [-0.1, -0.05) is 18.2 Å². The topological polar surface area (TPSA) is 95.3 Å². The second-order valence-corrected chi connectivity index (χ2v) is 10.4. The number of rotatable bonds is 7. The van der Waals surface area contributed by atoms with Crippen LogP contribution in [0.5, 0.6) is 0 Å². The first-order valence-corrected chi connectivity index (χ1v) is 13.0. The minimum Gasteiger partial charge on any atom is -0.396 e. The fourth-order valence-electron chi connectivity index (χ4n) is 5.41. The number of nitrogen functional groups attached to an aromatic ring is 1.